The third-order valence-electron chi connectivity index (χ3n) is 2.83. The fourth-order valence-electron chi connectivity index (χ4n) is 2.10. The summed E-state index contributed by atoms with van der Waals surface area (Å²) < 4.78 is 5.79. The first kappa shape index (κ1) is 10.1. The Balaban J connectivity index is 2.47. The van der Waals surface area contributed by atoms with E-state index in [1.54, 1.807) is 0 Å². The van der Waals surface area contributed by atoms with Gasteiger partial charge in [0.15, 0.2) is 0 Å². The molecule has 0 aliphatic heterocycles. The molecule has 0 spiro atoms. The summed E-state index contributed by atoms with van der Waals surface area (Å²) in [6.07, 6.45) is 0. The lowest BCUT2D eigenvalue weighted by molar-refractivity contribution is 0.348. The molecule has 1 aromatic heterocycles. The Bertz CT molecular complexity index is 622. The Morgan fingerprint density at radius 3 is 1.94 bits per heavy atom. The minimum Gasteiger partial charge on any atom is -0.492 e. The van der Waals surface area contributed by atoms with Gasteiger partial charge < -0.3 is 4.74 Å². The molecule has 2 nitrogen and oxygen atoms in total. The fraction of sp³-hybridized carbons (Fsp3) is 0.133. The summed E-state index contributed by atoms with van der Waals surface area (Å²) >= 11 is 0. The second-order valence-electron chi connectivity index (χ2n) is 3.91. The predicted molar refractivity (Wildman–Crippen MR) is 70.4 cm³/mol. The van der Waals surface area contributed by atoms with Crippen molar-refractivity contribution in [1.29, 1.82) is 0 Å². The molecule has 0 N–H and O–H groups in total. The Labute approximate surface area is 99.9 Å². The molecule has 0 atom stereocenters. The second kappa shape index (κ2) is 4.06. The highest BCUT2D eigenvalue weighted by Crippen LogP contribution is 2.32. The number of para-hydroxylation sites is 2. The lowest BCUT2D eigenvalue weighted by Crippen LogP contribution is -1.95. The number of rotatable bonds is 2. The first-order valence-electron chi connectivity index (χ1n) is 5.80. The maximum absolute atomic E-state index is 5.79. The van der Waals surface area contributed by atoms with Crippen LogP contribution < -0.4 is 4.74 Å². The minimum absolute atomic E-state index is 0.665. The van der Waals surface area contributed by atoms with Gasteiger partial charge in [-0.2, -0.15) is 0 Å². The Morgan fingerprint density at radius 2 is 1.41 bits per heavy atom. The molecule has 0 saturated heterocycles. The third-order valence-corrected chi connectivity index (χ3v) is 2.83. The van der Waals surface area contributed by atoms with E-state index in [1.807, 2.05) is 43.3 Å². The largest absolute Gasteiger partial charge is 0.492 e. The highest BCUT2D eigenvalue weighted by Gasteiger charge is 2.08. The zero-order chi connectivity index (χ0) is 11.7. The molecule has 0 aliphatic carbocycles. The number of hydrogen-bond acceptors (Lipinski definition) is 2. The van der Waals surface area contributed by atoms with E-state index in [0.29, 0.717) is 6.61 Å². The summed E-state index contributed by atoms with van der Waals surface area (Å²) in [5, 5.41) is 2.15. The Kier molecular flexibility index (Phi) is 2.41. The molecular formula is C15H13NO. The molecule has 1 heterocycles. The number of benzene rings is 2. The first-order chi connectivity index (χ1) is 8.40. The maximum atomic E-state index is 5.79. The standard InChI is InChI=1S/C15H13NO/c1-2-17-15-11-7-3-5-9-13(11)16-14-10-6-4-8-12(14)15/h3-10H,2H2,1H3. The molecule has 0 fully saturated rings. The zero-order valence-electron chi connectivity index (χ0n) is 9.68. The zero-order valence-corrected chi connectivity index (χ0v) is 9.68. The van der Waals surface area contributed by atoms with Crippen molar-refractivity contribution in [2.24, 2.45) is 0 Å². The van der Waals surface area contributed by atoms with Gasteiger partial charge in [0.2, 0.25) is 0 Å². The van der Waals surface area contributed by atoms with Crippen LogP contribution in [0.3, 0.4) is 0 Å². The smallest absolute Gasteiger partial charge is 0.138 e. The monoisotopic (exact) mass is 223 g/mol. The number of nitrogens with zero attached hydrogens (tertiary/aromatic N) is 1. The Morgan fingerprint density at radius 1 is 0.882 bits per heavy atom. The molecule has 0 bridgehead atoms. The van der Waals surface area contributed by atoms with Crippen LogP contribution in [0.4, 0.5) is 0 Å². The summed E-state index contributed by atoms with van der Waals surface area (Å²) in [5.74, 6) is 0.939. The van der Waals surface area contributed by atoms with Crippen LogP contribution in [-0.2, 0) is 0 Å². The van der Waals surface area contributed by atoms with E-state index in [1.165, 1.54) is 0 Å². The Hall–Kier alpha value is -2.09. The molecule has 2 aromatic carbocycles. The van der Waals surface area contributed by atoms with Crippen LogP contribution >= 0.6 is 0 Å². The van der Waals surface area contributed by atoms with Crippen molar-refractivity contribution in [3.8, 4) is 5.75 Å². The van der Waals surface area contributed by atoms with Crippen LogP contribution in [0.15, 0.2) is 48.5 Å². The van der Waals surface area contributed by atoms with Crippen LogP contribution in [-0.4, -0.2) is 11.6 Å². The van der Waals surface area contributed by atoms with Gasteiger partial charge in [-0.05, 0) is 31.2 Å². The number of pyridine rings is 1. The molecule has 17 heavy (non-hydrogen) atoms. The molecule has 84 valence electrons. The van der Waals surface area contributed by atoms with Gasteiger partial charge in [0.25, 0.3) is 0 Å². The lowest BCUT2D eigenvalue weighted by atomic mass is 10.1. The summed E-state index contributed by atoms with van der Waals surface area (Å²) in [6, 6.07) is 16.2. The second-order valence-corrected chi connectivity index (χ2v) is 3.91. The predicted octanol–water partition coefficient (Wildman–Crippen LogP) is 3.79. The van der Waals surface area contributed by atoms with Gasteiger partial charge in [-0.3, -0.25) is 0 Å². The third kappa shape index (κ3) is 1.62. The van der Waals surface area contributed by atoms with Crippen molar-refractivity contribution in [2.45, 2.75) is 6.92 Å². The van der Waals surface area contributed by atoms with Crippen LogP contribution in [0.2, 0.25) is 0 Å². The molecule has 3 rings (SSSR count). The number of aromatic nitrogens is 1. The van der Waals surface area contributed by atoms with Gasteiger partial charge in [0, 0.05) is 10.8 Å². The number of fused-ring (bicyclic) bond motifs is 2. The molecule has 3 aromatic rings. The normalized spacial score (nSPS) is 10.9. The average Bonchev–Trinajstić information content (AvgIpc) is 2.39. The summed E-state index contributed by atoms with van der Waals surface area (Å²) in [5.41, 5.74) is 1.96. The van der Waals surface area contributed by atoms with E-state index in [0.717, 1.165) is 27.6 Å². The highest BCUT2D eigenvalue weighted by molar-refractivity contribution is 6.00. The van der Waals surface area contributed by atoms with E-state index in [-0.39, 0.29) is 0 Å². The van der Waals surface area contributed by atoms with E-state index >= 15 is 0 Å². The van der Waals surface area contributed by atoms with E-state index in [2.05, 4.69) is 17.1 Å². The molecule has 2 heteroatoms. The van der Waals surface area contributed by atoms with E-state index in [4.69, 9.17) is 4.74 Å². The molecule has 0 unspecified atom stereocenters. The molecule has 0 amide bonds. The summed E-state index contributed by atoms with van der Waals surface area (Å²) in [7, 11) is 0. The van der Waals surface area contributed by atoms with Crippen LogP contribution in [0.1, 0.15) is 6.92 Å². The van der Waals surface area contributed by atoms with Crippen molar-refractivity contribution < 1.29 is 4.74 Å². The van der Waals surface area contributed by atoms with Gasteiger partial charge in [0.05, 0.1) is 17.6 Å². The molecule has 0 saturated carbocycles. The minimum atomic E-state index is 0.665. The van der Waals surface area contributed by atoms with Crippen LogP contribution in [0.5, 0.6) is 5.75 Å². The van der Waals surface area contributed by atoms with Crippen molar-refractivity contribution >= 4 is 21.8 Å². The summed E-state index contributed by atoms with van der Waals surface area (Å²) in [4.78, 5) is 4.64. The molecule has 0 aliphatic rings. The maximum Gasteiger partial charge on any atom is 0.138 e. The van der Waals surface area contributed by atoms with E-state index in [9.17, 15) is 0 Å². The molecular weight excluding hydrogens is 210 g/mol. The van der Waals surface area contributed by atoms with Crippen molar-refractivity contribution in [3.05, 3.63) is 48.5 Å². The quantitative estimate of drug-likeness (QED) is 0.617. The van der Waals surface area contributed by atoms with Crippen LogP contribution in [0.25, 0.3) is 21.8 Å². The van der Waals surface area contributed by atoms with Crippen molar-refractivity contribution in [3.63, 3.8) is 0 Å². The van der Waals surface area contributed by atoms with Gasteiger partial charge in [0.1, 0.15) is 5.75 Å². The topological polar surface area (TPSA) is 22.1 Å². The average molecular weight is 223 g/mol. The fourth-order valence-corrected chi connectivity index (χ4v) is 2.10. The number of ether oxygens (including phenoxy) is 1. The summed E-state index contributed by atoms with van der Waals surface area (Å²) in [6.45, 7) is 2.67. The van der Waals surface area contributed by atoms with Gasteiger partial charge in [-0.1, -0.05) is 24.3 Å². The van der Waals surface area contributed by atoms with Gasteiger partial charge in [-0.15, -0.1) is 0 Å². The SMILES string of the molecule is CCOc1c2ccccc2nc2ccccc12. The van der Waals surface area contributed by atoms with Crippen molar-refractivity contribution in [1.82, 2.24) is 4.98 Å². The van der Waals surface area contributed by atoms with Crippen LogP contribution in [0, 0.1) is 0 Å². The van der Waals surface area contributed by atoms with E-state index < -0.39 is 0 Å². The van der Waals surface area contributed by atoms with Gasteiger partial charge in [-0.25, -0.2) is 4.98 Å². The first-order valence-corrected chi connectivity index (χ1v) is 5.80. The van der Waals surface area contributed by atoms with Gasteiger partial charge >= 0.3 is 0 Å². The lowest BCUT2D eigenvalue weighted by Gasteiger charge is -2.10. The molecule has 0 radical (unpaired) electrons. The van der Waals surface area contributed by atoms with Crippen molar-refractivity contribution in [2.75, 3.05) is 6.61 Å². The number of hydrogen-bond donors (Lipinski definition) is 0. The highest BCUT2D eigenvalue weighted by atomic mass is 16.5.